The Morgan fingerprint density at radius 1 is 1.30 bits per heavy atom. The molecule has 0 unspecified atom stereocenters. The third kappa shape index (κ3) is 3.57. The van der Waals surface area contributed by atoms with Gasteiger partial charge in [0.25, 0.3) is 11.6 Å². The molecule has 0 fully saturated rings. The summed E-state index contributed by atoms with van der Waals surface area (Å²) in [6.07, 6.45) is 0. The number of carbonyl (C=O) groups is 1. The number of halogens is 2. The molecule has 7 nitrogen and oxygen atoms in total. The van der Waals surface area contributed by atoms with Crippen molar-refractivity contribution in [3.8, 4) is 0 Å². The molecule has 0 bridgehead atoms. The second-order valence-corrected chi connectivity index (χ2v) is 5.09. The van der Waals surface area contributed by atoms with E-state index in [0.29, 0.717) is 0 Å². The monoisotopic (exact) mass is 322 g/mol. The van der Waals surface area contributed by atoms with E-state index in [0.717, 1.165) is 0 Å². The Morgan fingerprint density at radius 2 is 1.80 bits per heavy atom. The highest BCUT2D eigenvalue weighted by Gasteiger charge is 2.34. The maximum atomic E-state index is 11.5. The van der Waals surface area contributed by atoms with Crippen LogP contribution in [0.2, 0.25) is 0 Å². The number of carbonyl (C=O) groups excluding carboxylic acids is 1. The number of alkyl halides is 2. The lowest BCUT2D eigenvalue weighted by molar-refractivity contribution is -0.384. The van der Waals surface area contributed by atoms with Crippen LogP contribution in [0.4, 0.5) is 5.69 Å². The van der Waals surface area contributed by atoms with Crippen LogP contribution in [-0.4, -0.2) is 39.1 Å². The van der Waals surface area contributed by atoms with Gasteiger partial charge in [0.05, 0.1) is 18.1 Å². The number of aliphatic hydroxyl groups is 2. The minimum atomic E-state index is -1.52. The molecular formula is C11H12Cl2N2O5. The van der Waals surface area contributed by atoms with Gasteiger partial charge in [0.2, 0.25) is 0 Å². The highest BCUT2D eigenvalue weighted by molar-refractivity contribution is 6.53. The normalized spacial score (nSPS) is 11.4. The van der Waals surface area contributed by atoms with Crippen molar-refractivity contribution in [1.82, 2.24) is 5.32 Å². The van der Waals surface area contributed by atoms with E-state index >= 15 is 0 Å². The molecule has 0 saturated carbocycles. The zero-order valence-electron chi connectivity index (χ0n) is 10.1. The van der Waals surface area contributed by atoms with Crippen molar-refractivity contribution in [2.75, 3.05) is 13.2 Å². The topological polar surface area (TPSA) is 113 Å². The molecule has 3 N–H and O–H groups in total. The van der Waals surface area contributed by atoms with E-state index in [1.165, 1.54) is 24.3 Å². The number of rotatable bonds is 6. The molecule has 0 saturated heterocycles. The minimum Gasteiger partial charge on any atom is -0.393 e. The van der Waals surface area contributed by atoms with Crippen molar-refractivity contribution < 1.29 is 19.9 Å². The summed E-state index contributed by atoms with van der Waals surface area (Å²) >= 11 is 10.8. The fraction of sp³-hybridized carbons (Fsp3) is 0.364. The summed E-state index contributed by atoms with van der Waals surface area (Å²) in [6, 6.07) is 5.03. The lowest BCUT2D eigenvalue weighted by Crippen LogP contribution is -2.53. The Hall–Kier alpha value is -1.41. The summed E-state index contributed by atoms with van der Waals surface area (Å²) in [5.41, 5.74) is -1.39. The Kier molecular flexibility index (Phi) is 5.70. The molecule has 0 aromatic heterocycles. The van der Waals surface area contributed by atoms with Crippen molar-refractivity contribution in [1.29, 1.82) is 0 Å². The molecule has 110 valence electrons. The second-order valence-electron chi connectivity index (χ2n) is 3.99. The van der Waals surface area contributed by atoms with Gasteiger partial charge in [0.1, 0.15) is 5.54 Å². The van der Waals surface area contributed by atoms with Gasteiger partial charge < -0.3 is 15.5 Å². The molecule has 20 heavy (non-hydrogen) atoms. The van der Waals surface area contributed by atoms with Gasteiger partial charge in [-0.2, -0.15) is 0 Å². The summed E-state index contributed by atoms with van der Waals surface area (Å²) in [4.78, 5) is 20.1. The van der Waals surface area contributed by atoms with Crippen LogP contribution in [0.5, 0.6) is 0 Å². The summed E-state index contributed by atoms with van der Waals surface area (Å²) < 4.78 is 0. The van der Waals surface area contributed by atoms with Gasteiger partial charge in [0, 0.05) is 12.1 Å². The molecule has 9 heteroatoms. The van der Waals surface area contributed by atoms with Gasteiger partial charge in [-0.25, -0.2) is 0 Å². The predicted molar refractivity (Wildman–Crippen MR) is 72.6 cm³/mol. The fourth-order valence-electron chi connectivity index (χ4n) is 1.58. The van der Waals surface area contributed by atoms with E-state index < -0.39 is 34.4 Å². The number of non-ortho nitro benzene ring substituents is 1. The van der Waals surface area contributed by atoms with E-state index in [1.54, 1.807) is 0 Å². The average Bonchev–Trinajstić information content (AvgIpc) is 2.44. The first-order valence-corrected chi connectivity index (χ1v) is 6.30. The van der Waals surface area contributed by atoms with Gasteiger partial charge in [-0.3, -0.25) is 14.9 Å². The van der Waals surface area contributed by atoms with Crippen molar-refractivity contribution in [2.45, 2.75) is 10.4 Å². The molecule has 0 radical (unpaired) electrons. The number of nitro groups is 1. The molecule has 0 aliphatic heterocycles. The smallest absolute Gasteiger partial charge is 0.269 e. The van der Waals surface area contributed by atoms with Gasteiger partial charge in [-0.15, -0.1) is 0 Å². The van der Waals surface area contributed by atoms with Crippen molar-refractivity contribution in [3.05, 3.63) is 39.9 Å². The van der Waals surface area contributed by atoms with E-state index in [4.69, 9.17) is 23.2 Å². The van der Waals surface area contributed by atoms with Crippen LogP contribution >= 0.6 is 23.2 Å². The molecule has 1 aromatic carbocycles. The van der Waals surface area contributed by atoms with Gasteiger partial charge >= 0.3 is 0 Å². The van der Waals surface area contributed by atoms with Crippen LogP contribution in [0.25, 0.3) is 0 Å². The molecule has 0 spiro atoms. The minimum absolute atomic E-state index is 0.155. The molecule has 0 atom stereocenters. The lowest BCUT2D eigenvalue weighted by Gasteiger charge is -2.31. The maximum Gasteiger partial charge on any atom is 0.269 e. The largest absolute Gasteiger partial charge is 0.393 e. The third-order valence-electron chi connectivity index (χ3n) is 2.73. The first-order valence-electron chi connectivity index (χ1n) is 5.43. The van der Waals surface area contributed by atoms with Crippen molar-refractivity contribution in [2.24, 2.45) is 0 Å². The highest BCUT2D eigenvalue weighted by Crippen LogP contribution is 2.24. The van der Waals surface area contributed by atoms with Crippen molar-refractivity contribution in [3.63, 3.8) is 0 Å². The van der Waals surface area contributed by atoms with Crippen LogP contribution < -0.4 is 5.32 Å². The van der Waals surface area contributed by atoms with Crippen LogP contribution in [0, 0.1) is 10.1 Å². The van der Waals surface area contributed by atoms with Gasteiger partial charge in [-0.1, -0.05) is 23.2 Å². The number of hydrogen-bond acceptors (Lipinski definition) is 5. The maximum absolute atomic E-state index is 11.5. The molecule has 1 aromatic rings. The van der Waals surface area contributed by atoms with E-state index in [1.807, 2.05) is 0 Å². The fourth-order valence-corrected chi connectivity index (χ4v) is 1.69. The quantitative estimate of drug-likeness (QED) is 0.405. The molecule has 1 amide bonds. The predicted octanol–water partition coefficient (Wildman–Crippen LogP) is 0.695. The van der Waals surface area contributed by atoms with E-state index in [9.17, 15) is 25.1 Å². The summed E-state index contributed by atoms with van der Waals surface area (Å²) in [7, 11) is 0. The molecular weight excluding hydrogens is 311 g/mol. The number of benzene rings is 1. The van der Waals surface area contributed by atoms with Gasteiger partial charge in [-0.05, 0) is 17.7 Å². The molecule has 1 rings (SSSR count). The number of aliphatic hydroxyl groups excluding tert-OH is 2. The lowest BCUT2D eigenvalue weighted by atomic mass is 9.91. The summed E-state index contributed by atoms with van der Waals surface area (Å²) in [6.45, 7) is -1.26. The van der Waals surface area contributed by atoms with E-state index in [-0.39, 0.29) is 11.3 Å². The first-order chi connectivity index (χ1) is 9.36. The Labute approximate surface area is 124 Å². The average molecular weight is 323 g/mol. The van der Waals surface area contributed by atoms with Crippen LogP contribution in [-0.2, 0) is 10.3 Å². The van der Waals surface area contributed by atoms with Crippen LogP contribution in [0.15, 0.2) is 24.3 Å². The van der Waals surface area contributed by atoms with Gasteiger partial charge in [0.15, 0.2) is 4.84 Å². The Balaban J connectivity index is 3.11. The highest BCUT2D eigenvalue weighted by atomic mass is 35.5. The summed E-state index contributed by atoms with van der Waals surface area (Å²) in [5.74, 6) is -0.796. The zero-order valence-corrected chi connectivity index (χ0v) is 11.6. The number of nitrogens with zero attached hydrogens (tertiary/aromatic N) is 1. The number of nitrogens with one attached hydrogen (secondary N) is 1. The standard InChI is InChI=1S/C11H12Cl2N2O5/c12-9(13)10(18)14-11(5-16,6-17)7-1-3-8(4-2-7)15(19)20/h1-4,9,16-17H,5-6H2,(H,14,18). The molecule has 0 aliphatic carbocycles. The third-order valence-corrected chi connectivity index (χ3v) is 3.13. The Morgan fingerprint density at radius 3 is 2.15 bits per heavy atom. The first kappa shape index (κ1) is 16.6. The zero-order chi connectivity index (χ0) is 15.3. The molecule has 0 aliphatic rings. The van der Waals surface area contributed by atoms with Crippen LogP contribution in [0.1, 0.15) is 5.56 Å². The van der Waals surface area contributed by atoms with Crippen molar-refractivity contribution >= 4 is 34.8 Å². The van der Waals surface area contributed by atoms with E-state index in [2.05, 4.69) is 5.32 Å². The second kappa shape index (κ2) is 6.85. The molecule has 0 heterocycles. The number of nitro benzene ring substituents is 1. The summed E-state index contributed by atoms with van der Waals surface area (Å²) in [5, 5.41) is 31.8. The number of hydrogen-bond donors (Lipinski definition) is 3. The Bertz CT molecular complexity index is 488. The van der Waals surface area contributed by atoms with Crippen LogP contribution in [0.3, 0.4) is 0 Å². The SMILES string of the molecule is O=C(NC(CO)(CO)c1ccc([N+](=O)[O-])cc1)C(Cl)Cl. The number of amides is 1.